The van der Waals surface area contributed by atoms with Crippen LogP contribution in [-0.4, -0.2) is 46.0 Å². The van der Waals surface area contributed by atoms with Crippen molar-refractivity contribution in [3.05, 3.63) is 184 Å². The fourth-order valence-corrected chi connectivity index (χ4v) is 8.76. The van der Waals surface area contributed by atoms with Crippen LogP contribution in [0.1, 0.15) is 71.2 Å². The first-order valence-corrected chi connectivity index (χ1v) is 19.2. The molecule has 8 nitrogen and oxygen atoms in total. The zero-order valence-corrected chi connectivity index (χ0v) is 31.3. The van der Waals surface area contributed by atoms with E-state index in [1.807, 2.05) is 29.8 Å². The van der Waals surface area contributed by atoms with Crippen molar-refractivity contribution in [2.75, 3.05) is 0 Å². The van der Waals surface area contributed by atoms with Crippen LogP contribution in [0.3, 0.4) is 0 Å². The molecule has 1 unspecified atom stereocenters. The van der Waals surface area contributed by atoms with E-state index in [0.29, 0.717) is 12.2 Å². The minimum Gasteiger partial charge on any atom is -0.393 e. The van der Waals surface area contributed by atoms with E-state index in [9.17, 15) is 5.11 Å². The fraction of sp³-hybridized carbons (Fsp3) is 0.213. The van der Waals surface area contributed by atoms with Crippen molar-refractivity contribution in [1.29, 1.82) is 0 Å². The maximum Gasteiger partial charge on any atom is 0.184 e. The molecule has 0 amide bonds. The number of imidazole rings is 1. The lowest BCUT2D eigenvalue weighted by Gasteiger charge is -2.36. The van der Waals surface area contributed by atoms with Crippen LogP contribution in [0.5, 0.6) is 0 Å². The standard InChI is InChI=1S/C47H43N7O/c1-4-43-49-44-31(2)28-38(29-32(3)55)48-46(44)53(43)42-27-25-34-30-33(24-26-40(34)42)39-22-14-15-23-41(39)45-50-51-52-54(45)47(35-16-8-5-9-17-35,36-18-10-6-11-19-36)37-20-12-7-13-21-37/h5-24,26,28,30,32,42,55H,4,25,27,29H2,1-3H3/t32?,42-/m0/s1. The second-order valence-corrected chi connectivity index (χ2v) is 14.6. The van der Waals surface area contributed by atoms with Crippen LogP contribution >= 0.6 is 0 Å². The minimum absolute atomic E-state index is 0.128. The lowest BCUT2D eigenvalue weighted by molar-refractivity contribution is 0.194. The topological polar surface area (TPSA) is 94.5 Å². The SMILES string of the molecule is CCc1nc2c(C)cc(CC(C)O)nc2n1[C@H]1CCc2cc(-c3ccccc3-c3nnnn3C(c3ccccc3)(c3ccccc3)c3ccccc3)ccc21. The molecule has 272 valence electrons. The van der Waals surface area contributed by atoms with Crippen molar-refractivity contribution in [3.63, 3.8) is 0 Å². The number of aliphatic hydroxyl groups excluding tert-OH is 1. The normalized spacial score (nSPS) is 14.7. The third-order valence-corrected chi connectivity index (χ3v) is 11.1. The average Bonchev–Trinajstić information content (AvgIpc) is 3.97. The molecule has 0 bridgehead atoms. The highest BCUT2D eigenvalue weighted by Gasteiger charge is 2.42. The maximum atomic E-state index is 10.2. The second kappa shape index (κ2) is 14.2. The Morgan fingerprint density at radius 3 is 2.00 bits per heavy atom. The first-order chi connectivity index (χ1) is 27.0. The van der Waals surface area contributed by atoms with E-state index in [0.717, 1.165) is 80.9 Å². The molecule has 3 aromatic heterocycles. The first-order valence-electron chi connectivity index (χ1n) is 19.2. The molecule has 0 aliphatic heterocycles. The summed E-state index contributed by atoms with van der Waals surface area (Å²) < 4.78 is 4.37. The third-order valence-electron chi connectivity index (χ3n) is 11.1. The fourth-order valence-electron chi connectivity index (χ4n) is 8.76. The third kappa shape index (κ3) is 5.85. The van der Waals surface area contributed by atoms with E-state index in [1.165, 1.54) is 11.1 Å². The van der Waals surface area contributed by atoms with Gasteiger partial charge in [0.2, 0.25) is 0 Å². The van der Waals surface area contributed by atoms with Crippen LogP contribution in [0.2, 0.25) is 0 Å². The largest absolute Gasteiger partial charge is 0.393 e. The van der Waals surface area contributed by atoms with Gasteiger partial charge in [-0.2, -0.15) is 0 Å². The van der Waals surface area contributed by atoms with Crippen molar-refractivity contribution in [3.8, 4) is 22.5 Å². The molecule has 1 aliphatic rings. The van der Waals surface area contributed by atoms with Crippen molar-refractivity contribution < 1.29 is 5.11 Å². The molecule has 1 aliphatic carbocycles. The zero-order valence-electron chi connectivity index (χ0n) is 31.3. The number of benzene rings is 5. The van der Waals surface area contributed by atoms with Crippen LogP contribution < -0.4 is 0 Å². The van der Waals surface area contributed by atoms with E-state index in [1.54, 1.807) is 0 Å². The highest BCUT2D eigenvalue weighted by molar-refractivity contribution is 5.82. The molecule has 0 saturated carbocycles. The van der Waals surface area contributed by atoms with Crippen molar-refractivity contribution >= 4 is 11.2 Å². The van der Waals surface area contributed by atoms with Gasteiger partial charge >= 0.3 is 0 Å². The van der Waals surface area contributed by atoms with Crippen molar-refractivity contribution in [2.45, 2.75) is 64.1 Å². The van der Waals surface area contributed by atoms with Gasteiger partial charge in [0.15, 0.2) is 11.5 Å². The molecule has 3 heterocycles. The van der Waals surface area contributed by atoms with E-state index in [2.05, 4.69) is 145 Å². The highest BCUT2D eigenvalue weighted by atomic mass is 16.3. The number of pyridine rings is 1. The van der Waals surface area contributed by atoms with Gasteiger partial charge in [-0.05, 0) is 87.7 Å². The van der Waals surface area contributed by atoms with Crippen molar-refractivity contribution in [1.82, 2.24) is 34.7 Å². The van der Waals surface area contributed by atoms with Crippen LogP contribution in [0, 0.1) is 6.92 Å². The van der Waals surface area contributed by atoms with Crippen LogP contribution in [0.25, 0.3) is 33.7 Å². The summed E-state index contributed by atoms with van der Waals surface area (Å²) in [7, 11) is 0. The lowest BCUT2D eigenvalue weighted by Crippen LogP contribution is -2.39. The number of fused-ring (bicyclic) bond motifs is 2. The molecule has 0 fully saturated rings. The van der Waals surface area contributed by atoms with Crippen LogP contribution in [0.15, 0.2) is 140 Å². The van der Waals surface area contributed by atoms with Gasteiger partial charge < -0.3 is 9.67 Å². The molecule has 9 rings (SSSR count). The van der Waals surface area contributed by atoms with E-state index in [4.69, 9.17) is 20.3 Å². The highest BCUT2D eigenvalue weighted by Crippen LogP contribution is 2.45. The summed E-state index contributed by atoms with van der Waals surface area (Å²) in [5, 5.41) is 24.1. The number of aromatic nitrogens is 7. The maximum absolute atomic E-state index is 10.2. The molecule has 2 atom stereocenters. The van der Waals surface area contributed by atoms with E-state index >= 15 is 0 Å². The predicted octanol–water partition coefficient (Wildman–Crippen LogP) is 8.92. The Labute approximate surface area is 321 Å². The summed E-state index contributed by atoms with van der Waals surface area (Å²) >= 11 is 0. The summed E-state index contributed by atoms with van der Waals surface area (Å²) in [4.78, 5) is 10.2. The summed E-state index contributed by atoms with van der Waals surface area (Å²) in [6.07, 6.45) is 2.77. The second-order valence-electron chi connectivity index (χ2n) is 14.6. The van der Waals surface area contributed by atoms with Gasteiger partial charge in [-0.1, -0.05) is 140 Å². The number of nitrogens with zero attached hydrogens (tertiary/aromatic N) is 7. The molecule has 8 heteroatoms. The number of hydrogen-bond donors (Lipinski definition) is 1. The van der Waals surface area contributed by atoms with E-state index in [-0.39, 0.29) is 6.04 Å². The number of hydrogen-bond acceptors (Lipinski definition) is 6. The summed E-state index contributed by atoms with van der Waals surface area (Å²) in [5.41, 5.74) is 11.9. The van der Waals surface area contributed by atoms with Gasteiger partial charge in [0.1, 0.15) is 16.9 Å². The van der Waals surface area contributed by atoms with Crippen molar-refractivity contribution in [2.24, 2.45) is 0 Å². The van der Waals surface area contributed by atoms with Crippen LogP contribution in [0.4, 0.5) is 0 Å². The number of tetrazole rings is 1. The minimum atomic E-state index is -0.854. The zero-order chi connectivity index (χ0) is 37.5. The Bertz CT molecular complexity index is 2520. The average molecular weight is 722 g/mol. The smallest absolute Gasteiger partial charge is 0.184 e. The Morgan fingerprint density at radius 1 is 0.764 bits per heavy atom. The number of aryl methyl sites for hydroxylation is 3. The monoisotopic (exact) mass is 721 g/mol. The van der Waals surface area contributed by atoms with Gasteiger partial charge in [0.05, 0.1) is 12.1 Å². The van der Waals surface area contributed by atoms with Gasteiger partial charge in [0, 0.05) is 24.1 Å². The molecule has 1 N–H and O–H groups in total. The molecular weight excluding hydrogens is 679 g/mol. The Balaban J connectivity index is 1.17. The molecular formula is C47H43N7O. The van der Waals surface area contributed by atoms with Crippen LogP contribution in [-0.2, 0) is 24.8 Å². The van der Waals surface area contributed by atoms with Gasteiger partial charge in [-0.15, -0.1) is 5.10 Å². The quantitative estimate of drug-likeness (QED) is 0.142. The first kappa shape index (κ1) is 34.5. The molecule has 55 heavy (non-hydrogen) atoms. The Hall–Kier alpha value is -6.25. The molecule has 0 radical (unpaired) electrons. The lowest BCUT2D eigenvalue weighted by atomic mass is 9.77. The summed E-state index contributed by atoms with van der Waals surface area (Å²) in [6, 6.07) is 49.1. The number of aliphatic hydroxyl groups is 1. The molecule has 0 saturated heterocycles. The number of rotatable bonds is 10. The van der Waals surface area contributed by atoms with Gasteiger partial charge in [-0.25, -0.2) is 14.6 Å². The Kier molecular flexibility index (Phi) is 8.91. The predicted molar refractivity (Wildman–Crippen MR) is 217 cm³/mol. The van der Waals surface area contributed by atoms with E-state index < -0.39 is 11.6 Å². The summed E-state index contributed by atoms with van der Waals surface area (Å²) in [5.74, 6) is 1.72. The molecule has 0 spiro atoms. The van der Waals surface area contributed by atoms with Gasteiger partial charge in [-0.3, -0.25) is 0 Å². The molecule has 8 aromatic rings. The Morgan fingerprint density at radius 2 is 1.38 bits per heavy atom. The molecule has 5 aromatic carbocycles. The summed E-state index contributed by atoms with van der Waals surface area (Å²) in [6.45, 7) is 6.07. The van der Waals surface area contributed by atoms with Gasteiger partial charge in [0.25, 0.3) is 0 Å².